The standard InChI is InChI=1S/C15H20N2O/c18-15(12-6-8-16-9-7-12)17-14-10-13(14)11-4-2-1-3-5-11/h1-5,12-14,16H,6-10H2,(H,17,18). The zero-order chi connectivity index (χ0) is 12.4. The summed E-state index contributed by atoms with van der Waals surface area (Å²) in [7, 11) is 0. The predicted molar refractivity (Wildman–Crippen MR) is 71.3 cm³/mol. The molecule has 2 fully saturated rings. The maximum absolute atomic E-state index is 12.1. The third kappa shape index (κ3) is 2.56. The summed E-state index contributed by atoms with van der Waals surface area (Å²) < 4.78 is 0. The van der Waals surface area contributed by atoms with Crippen molar-refractivity contribution in [2.24, 2.45) is 5.92 Å². The van der Waals surface area contributed by atoms with Crippen molar-refractivity contribution < 1.29 is 4.79 Å². The molecule has 2 N–H and O–H groups in total. The second kappa shape index (κ2) is 5.11. The topological polar surface area (TPSA) is 41.1 Å². The Morgan fingerprint density at radius 2 is 1.89 bits per heavy atom. The Kier molecular flexibility index (Phi) is 3.33. The van der Waals surface area contributed by atoms with Crippen molar-refractivity contribution in [3.8, 4) is 0 Å². The van der Waals surface area contributed by atoms with Gasteiger partial charge < -0.3 is 10.6 Å². The molecular formula is C15H20N2O. The zero-order valence-electron chi connectivity index (χ0n) is 10.6. The first-order valence-corrected chi connectivity index (χ1v) is 6.90. The van der Waals surface area contributed by atoms with E-state index < -0.39 is 0 Å². The van der Waals surface area contributed by atoms with Gasteiger partial charge in [0.2, 0.25) is 5.91 Å². The van der Waals surface area contributed by atoms with Gasteiger partial charge in [-0.25, -0.2) is 0 Å². The number of carbonyl (C=O) groups excluding carboxylic acids is 1. The lowest BCUT2D eigenvalue weighted by Crippen LogP contribution is -2.39. The van der Waals surface area contributed by atoms with Crippen LogP contribution in [0.4, 0.5) is 0 Å². The molecule has 2 atom stereocenters. The Morgan fingerprint density at radius 1 is 1.17 bits per heavy atom. The monoisotopic (exact) mass is 244 g/mol. The molecule has 3 nitrogen and oxygen atoms in total. The molecule has 0 aromatic heterocycles. The van der Waals surface area contributed by atoms with E-state index in [4.69, 9.17) is 0 Å². The number of carbonyl (C=O) groups is 1. The zero-order valence-corrected chi connectivity index (χ0v) is 10.6. The summed E-state index contributed by atoms with van der Waals surface area (Å²) in [5, 5.41) is 6.50. The van der Waals surface area contributed by atoms with E-state index in [0.29, 0.717) is 12.0 Å². The number of hydrogen-bond acceptors (Lipinski definition) is 2. The lowest BCUT2D eigenvalue weighted by atomic mass is 9.97. The normalized spacial score (nSPS) is 27.8. The van der Waals surface area contributed by atoms with Gasteiger partial charge in [-0.15, -0.1) is 0 Å². The quantitative estimate of drug-likeness (QED) is 0.849. The van der Waals surface area contributed by atoms with Crippen molar-refractivity contribution in [3.63, 3.8) is 0 Å². The van der Waals surface area contributed by atoms with Crippen LogP contribution in [0.1, 0.15) is 30.7 Å². The average molecular weight is 244 g/mol. The molecule has 2 unspecified atom stereocenters. The minimum absolute atomic E-state index is 0.225. The number of amides is 1. The SMILES string of the molecule is O=C(NC1CC1c1ccccc1)C1CCNCC1. The number of hydrogen-bond donors (Lipinski definition) is 2. The smallest absolute Gasteiger partial charge is 0.223 e. The van der Waals surface area contributed by atoms with Gasteiger partial charge >= 0.3 is 0 Å². The highest BCUT2D eigenvalue weighted by Gasteiger charge is 2.40. The van der Waals surface area contributed by atoms with Crippen molar-refractivity contribution in [1.29, 1.82) is 0 Å². The third-order valence-corrected chi connectivity index (χ3v) is 4.06. The number of nitrogens with one attached hydrogen (secondary N) is 2. The number of benzene rings is 1. The fraction of sp³-hybridized carbons (Fsp3) is 0.533. The van der Waals surface area contributed by atoms with Crippen LogP contribution >= 0.6 is 0 Å². The van der Waals surface area contributed by atoms with Crippen LogP contribution in [0.3, 0.4) is 0 Å². The Morgan fingerprint density at radius 3 is 2.61 bits per heavy atom. The molecule has 2 aliphatic rings. The van der Waals surface area contributed by atoms with E-state index in [2.05, 4.69) is 34.9 Å². The first-order chi connectivity index (χ1) is 8.84. The molecule has 1 heterocycles. The largest absolute Gasteiger partial charge is 0.352 e. The van der Waals surface area contributed by atoms with Crippen molar-refractivity contribution in [2.75, 3.05) is 13.1 Å². The van der Waals surface area contributed by atoms with Gasteiger partial charge in [0.05, 0.1) is 0 Å². The van der Waals surface area contributed by atoms with Gasteiger partial charge in [-0.3, -0.25) is 4.79 Å². The van der Waals surface area contributed by atoms with Gasteiger partial charge in [0.1, 0.15) is 0 Å². The summed E-state index contributed by atoms with van der Waals surface area (Å²) in [6.07, 6.45) is 3.06. The van der Waals surface area contributed by atoms with Gasteiger partial charge in [0, 0.05) is 17.9 Å². The lowest BCUT2D eigenvalue weighted by Gasteiger charge is -2.21. The lowest BCUT2D eigenvalue weighted by molar-refractivity contribution is -0.125. The Labute approximate surface area is 108 Å². The minimum atomic E-state index is 0.225. The molecule has 1 amide bonds. The van der Waals surface area contributed by atoms with E-state index in [1.165, 1.54) is 5.56 Å². The molecule has 1 saturated carbocycles. The molecule has 18 heavy (non-hydrogen) atoms. The van der Waals surface area contributed by atoms with Crippen molar-refractivity contribution in [1.82, 2.24) is 10.6 Å². The molecule has 0 spiro atoms. The molecular weight excluding hydrogens is 224 g/mol. The fourth-order valence-electron chi connectivity index (χ4n) is 2.81. The third-order valence-electron chi connectivity index (χ3n) is 4.06. The van der Waals surface area contributed by atoms with Gasteiger partial charge in [-0.2, -0.15) is 0 Å². The first-order valence-electron chi connectivity index (χ1n) is 6.90. The molecule has 1 saturated heterocycles. The Balaban J connectivity index is 1.51. The van der Waals surface area contributed by atoms with E-state index in [0.717, 1.165) is 32.4 Å². The Hall–Kier alpha value is -1.35. The molecule has 1 aromatic carbocycles. The van der Waals surface area contributed by atoms with E-state index in [1.54, 1.807) is 0 Å². The van der Waals surface area contributed by atoms with Crippen LogP contribution in [0.25, 0.3) is 0 Å². The molecule has 1 aliphatic carbocycles. The highest BCUT2D eigenvalue weighted by Crippen LogP contribution is 2.40. The maximum atomic E-state index is 12.1. The molecule has 96 valence electrons. The highest BCUT2D eigenvalue weighted by atomic mass is 16.2. The van der Waals surface area contributed by atoms with Crippen LogP contribution in [-0.2, 0) is 4.79 Å². The summed E-state index contributed by atoms with van der Waals surface area (Å²) >= 11 is 0. The fourth-order valence-corrected chi connectivity index (χ4v) is 2.81. The van der Waals surface area contributed by atoms with Gasteiger partial charge in [-0.05, 0) is 37.9 Å². The molecule has 3 rings (SSSR count). The molecule has 0 radical (unpaired) electrons. The summed E-state index contributed by atoms with van der Waals surface area (Å²) in [6.45, 7) is 1.95. The van der Waals surface area contributed by atoms with Crippen molar-refractivity contribution >= 4 is 5.91 Å². The van der Waals surface area contributed by atoms with Crippen LogP contribution in [0.2, 0.25) is 0 Å². The average Bonchev–Trinajstić information content (AvgIpc) is 3.20. The van der Waals surface area contributed by atoms with Crippen LogP contribution in [0, 0.1) is 5.92 Å². The summed E-state index contributed by atoms with van der Waals surface area (Å²) in [5.41, 5.74) is 1.35. The van der Waals surface area contributed by atoms with Gasteiger partial charge in [-0.1, -0.05) is 30.3 Å². The van der Waals surface area contributed by atoms with Crippen LogP contribution < -0.4 is 10.6 Å². The van der Waals surface area contributed by atoms with Crippen molar-refractivity contribution in [2.45, 2.75) is 31.2 Å². The minimum Gasteiger partial charge on any atom is -0.352 e. The van der Waals surface area contributed by atoms with Crippen LogP contribution in [-0.4, -0.2) is 25.0 Å². The maximum Gasteiger partial charge on any atom is 0.223 e. The number of piperidine rings is 1. The van der Waals surface area contributed by atoms with Gasteiger partial charge in [0.15, 0.2) is 0 Å². The molecule has 3 heteroatoms. The predicted octanol–water partition coefficient (Wildman–Crippen LogP) is 1.66. The van der Waals surface area contributed by atoms with E-state index in [-0.39, 0.29) is 11.8 Å². The van der Waals surface area contributed by atoms with Crippen LogP contribution in [0.15, 0.2) is 30.3 Å². The van der Waals surface area contributed by atoms with Gasteiger partial charge in [0.25, 0.3) is 0 Å². The first kappa shape index (κ1) is 11.7. The molecule has 1 aromatic rings. The number of rotatable bonds is 3. The van der Waals surface area contributed by atoms with E-state index >= 15 is 0 Å². The second-order valence-corrected chi connectivity index (χ2v) is 5.39. The molecule has 0 bridgehead atoms. The van der Waals surface area contributed by atoms with E-state index in [9.17, 15) is 4.79 Å². The second-order valence-electron chi connectivity index (χ2n) is 5.39. The van der Waals surface area contributed by atoms with Crippen molar-refractivity contribution in [3.05, 3.63) is 35.9 Å². The highest BCUT2D eigenvalue weighted by molar-refractivity contribution is 5.79. The Bertz CT molecular complexity index is 412. The molecule has 1 aliphatic heterocycles. The summed E-state index contributed by atoms with van der Waals surface area (Å²) in [4.78, 5) is 12.1. The summed E-state index contributed by atoms with van der Waals surface area (Å²) in [6, 6.07) is 10.9. The summed E-state index contributed by atoms with van der Waals surface area (Å²) in [5.74, 6) is 1.03. The van der Waals surface area contributed by atoms with Crippen LogP contribution in [0.5, 0.6) is 0 Å². The van der Waals surface area contributed by atoms with E-state index in [1.807, 2.05) is 6.07 Å².